The van der Waals surface area contributed by atoms with Crippen LogP contribution in [0.5, 0.6) is 5.75 Å². The van der Waals surface area contributed by atoms with Gasteiger partial charge in [0.1, 0.15) is 5.75 Å². The van der Waals surface area contributed by atoms with Gasteiger partial charge in [0, 0.05) is 31.6 Å². The summed E-state index contributed by atoms with van der Waals surface area (Å²) in [6.07, 6.45) is 1.43. The molecule has 1 saturated carbocycles. The first-order valence-electron chi connectivity index (χ1n) is 5.97. The van der Waals surface area contributed by atoms with E-state index in [-0.39, 0.29) is 17.2 Å². The van der Waals surface area contributed by atoms with Crippen molar-refractivity contribution in [2.24, 2.45) is 0 Å². The first kappa shape index (κ1) is 11.8. The van der Waals surface area contributed by atoms with Crippen LogP contribution in [0.1, 0.15) is 23.2 Å². The molecule has 0 atom stereocenters. The molecule has 19 heavy (non-hydrogen) atoms. The molecule has 1 amide bonds. The van der Waals surface area contributed by atoms with Crippen LogP contribution in [0.3, 0.4) is 0 Å². The minimum absolute atomic E-state index is 0.0828. The van der Waals surface area contributed by atoms with Gasteiger partial charge in [-0.05, 0) is 6.07 Å². The van der Waals surface area contributed by atoms with Gasteiger partial charge in [0.2, 0.25) is 0 Å². The summed E-state index contributed by atoms with van der Waals surface area (Å²) in [6.45, 7) is 0. The second kappa shape index (κ2) is 3.63. The molecule has 0 aromatic heterocycles. The zero-order valence-corrected chi connectivity index (χ0v) is 10.7. The van der Waals surface area contributed by atoms with E-state index in [1.807, 2.05) is 0 Å². The average molecular weight is 262 g/mol. The molecule has 1 aliphatic carbocycles. The summed E-state index contributed by atoms with van der Waals surface area (Å²) < 4.78 is 10.4. The number of ether oxygens (including phenoxy) is 2. The van der Waals surface area contributed by atoms with Crippen molar-refractivity contribution in [3.63, 3.8) is 0 Å². The number of anilines is 2. The smallest absolute Gasteiger partial charge is 0.340 e. The van der Waals surface area contributed by atoms with Crippen LogP contribution in [-0.2, 0) is 9.53 Å². The van der Waals surface area contributed by atoms with E-state index in [1.54, 1.807) is 13.1 Å². The first-order valence-corrected chi connectivity index (χ1v) is 5.97. The van der Waals surface area contributed by atoms with E-state index < -0.39 is 11.6 Å². The van der Waals surface area contributed by atoms with Crippen molar-refractivity contribution in [2.75, 3.05) is 24.8 Å². The van der Waals surface area contributed by atoms with Gasteiger partial charge >= 0.3 is 5.97 Å². The van der Waals surface area contributed by atoms with Gasteiger partial charge in [0.15, 0.2) is 5.60 Å². The van der Waals surface area contributed by atoms with Crippen molar-refractivity contribution in [3.8, 4) is 5.75 Å². The van der Waals surface area contributed by atoms with Crippen LogP contribution in [0.2, 0.25) is 0 Å². The third kappa shape index (κ3) is 1.56. The topological polar surface area (TPSA) is 81.9 Å². The minimum Gasteiger partial charge on any atom is -0.475 e. The number of rotatable bonds is 1. The highest BCUT2D eigenvalue weighted by atomic mass is 16.5. The van der Waals surface area contributed by atoms with Crippen LogP contribution >= 0.6 is 0 Å². The molecule has 0 saturated heterocycles. The molecule has 100 valence electrons. The van der Waals surface area contributed by atoms with Gasteiger partial charge in [-0.1, -0.05) is 0 Å². The third-order valence-corrected chi connectivity index (χ3v) is 3.60. The quantitative estimate of drug-likeness (QED) is 0.601. The van der Waals surface area contributed by atoms with Gasteiger partial charge in [-0.25, -0.2) is 4.79 Å². The standard InChI is InChI=1S/C13H14N2O4/c1-15-9-5-7(11(16)18-2)8(14)6-10(9)19-13(3-4-13)12(15)17/h5-6H,3-4,14H2,1-2H3. The number of esters is 1. The Labute approximate surface area is 110 Å². The second-order valence-corrected chi connectivity index (χ2v) is 4.86. The molecule has 1 heterocycles. The van der Waals surface area contributed by atoms with Crippen LogP contribution in [0.15, 0.2) is 12.1 Å². The number of hydrogen-bond donors (Lipinski definition) is 1. The Morgan fingerprint density at radius 3 is 2.74 bits per heavy atom. The maximum atomic E-state index is 12.2. The molecule has 2 aliphatic rings. The Hall–Kier alpha value is -2.24. The molecule has 1 fully saturated rings. The number of carbonyl (C=O) groups is 2. The Bertz CT molecular complexity index is 593. The molecule has 0 radical (unpaired) electrons. The maximum Gasteiger partial charge on any atom is 0.340 e. The predicted molar refractivity (Wildman–Crippen MR) is 68.2 cm³/mol. The Morgan fingerprint density at radius 1 is 1.47 bits per heavy atom. The van der Waals surface area contributed by atoms with Gasteiger partial charge in [-0.15, -0.1) is 0 Å². The van der Waals surface area contributed by atoms with E-state index in [9.17, 15) is 9.59 Å². The van der Waals surface area contributed by atoms with Crippen molar-refractivity contribution >= 4 is 23.3 Å². The summed E-state index contributed by atoms with van der Waals surface area (Å²) in [4.78, 5) is 25.3. The van der Waals surface area contributed by atoms with Crippen molar-refractivity contribution in [1.82, 2.24) is 0 Å². The molecular formula is C13H14N2O4. The number of hydrogen-bond acceptors (Lipinski definition) is 5. The summed E-state index contributed by atoms with van der Waals surface area (Å²) in [5.74, 6) is -0.0850. The van der Waals surface area contributed by atoms with Crippen molar-refractivity contribution in [3.05, 3.63) is 17.7 Å². The van der Waals surface area contributed by atoms with Gasteiger partial charge in [-0.2, -0.15) is 0 Å². The molecule has 1 aromatic carbocycles. The molecular weight excluding hydrogens is 248 g/mol. The normalized spacial score (nSPS) is 18.8. The molecule has 2 N–H and O–H groups in total. The number of nitrogens with two attached hydrogens (primary N) is 1. The summed E-state index contributed by atoms with van der Waals surface area (Å²) in [7, 11) is 2.95. The van der Waals surface area contributed by atoms with E-state index in [0.29, 0.717) is 24.3 Å². The molecule has 1 aliphatic heterocycles. The average Bonchev–Trinajstić information content (AvgIpc) is 3.16. The highest BCUT2D eigenvalue weighted by Gasteiger charge is 2.57. The van der Waals surface area contributed by atoms with Crippen molar-refractivity contribution in [2.45, 2.75) is 18.4 Å². The molecule has 0 bridgehead atoms. The molecule has 1 aromatic rings. The largest absolute Gasteiger partial charge is 0.475 e. The lowest BCUT2D eigenvalue weighted by molar-refractivity contribution is -0.127. The molecule has 0 unspecified atom stereocenters. The molecule has 6 heteroatoms. The summed E-state index contributed by atoms with van der Waals surface area (Å²) in [6, 6.07) is 3.11. The third-order valence-electron chi connectivity index (χ3n) is 3.60. The lowest BCUT2D eigenvalue weighted by Crippen LogP contribution is -2.45. The minimum atomic E-state index is -0.707. The first-order chi connectivity index (χ1) is 8.98. The van der Waals surface area contributed by atoms with E-state index in [1.165, 1.54) is 18.1 Å². The van der Waals surface area contributed by atoms with Gasteiger partial charge in [-0.3, -0.25) is 4.79 Å². The van der Waals surface area contributed by atoms with Crippen LogP contribution < -0.4 is 15.4 Å². The highest BCUT2D eigenvalue weighted by molar-refractivity contribution is 6.06. The van der Waals surface area contributed by atoms with Gasteiger partial charge < -0.3 is 20.1 Å². The Balaban J connectivity index is 2.11. The molecule has 1 spiro atoms. The van der Waals surface area contributed by atoms with Crippen LogP contribution in [0, 0.1) is 0 Å². The zero-order valence-electron chi connectivity index (χ0n) is 10.7. The van der Waals surface area contributed by atoms with E-state index >= 15 is 0 Å². The molecule has 3 rings (SSSR count). The number of carbonyl (C=O) groups excluding carboxylic acids is 2. The Kier molecular flexibility index (Phi) is 2.26. The highest BCUT2D eigenvalue weighted by Crippen LogP contribution is 2.49. The van der Waals surface area contributed by atoms with Gasteiger partial charge in [0.05, 0.1) is 18.4 Å². The second-order valence-electron chi connectivity index (χ2n) is 4.86. The van der Waals surface area contributed by atoms with Crippen LogP contribution in [-0.4, -0.2) is 31.6 Å². The zero-order chi connectivity index (χ0) is 13.8. The number of likely N-dealkylation sites (N-methyl/N-ethyl adjacent to an activating group) is 1. The van der Waals surface area contributed by atoms with Crippen LogP contribution in [0.25, 0.3) is 0 Å². The fourth-order valence-electron chi connectivity index (χ4n) is 2.31. The number of nitrogens with zero attached hydrogens (tertiary/aromatic N) is 1. The summed E-state index contributed by atoms with van der Waals surface area (Å²) >= 11 is 0. The lowest BCUT2D eigenvalue weighted by atomic mass is 10.1. The van der Waals surface area contributed by atoms with Crippen LogP contribution in [0.4, 0.5) is 11.4 Å². The van der Waals surface area contributed by atoms with Crippen molar-refractivity contribution < 1.29 is 19.1 Å². The predicted octanol–water partition coefficient (Wildman–Crippen LogP) is 0.943. The lowest BCUT2D eigenvalue weighted by Gasteiger charge is -2.32. The summed E-state index contributed by atoms with van der Waals surface area (Å²) in [5.41, 5.74) is 6.17. The van der Waals surface area contributed by atoms with Gasteiger partial charge in [0.25, 0.3) is 5.91 Å². The summed E-state index contributed by atoms with van der Waals surface area (Å²) in [5, 5.41) is 0. The van der Waals surface area contributed by atoms with E-state index in [4.69, 9.17) is 10.5 Å². The number of benzene rings is 1. The van der Waals surface area contributed by atoms with Crippen molar-refractivity contribution in [1.29, 1.82) is 0 Å². The number of fused-ring (bicyclic) bond motifs is 1. The Morgan fingerprint density at radius 2 is 2.16 bits per heavy atom. The molecule has 6 nitrogen and oxygen atoms in total. The number of nitrogen functional groups attached to an aromatic ring is 1. The monoisotopic (exact) mass is 262 g/mol. The maximum absolute atomic E-state index is 12.2. The van der Waals surface area contributed by atoms with E-state index in [0.717, 1.165) is 0 Å². The fourth-order valence-corrected chi connectivity index (χ4v) is 2.31. The van der Waals surface area contributed by atoms with E-state index in [2.05, 4.69) is 4.74 Å². The fraction of sp³-hybridized carbons (Fsp3) is 0.385. The SMILES string of the molecule is COC(=O)c1cc2c(cc1N)OC1(CC1)C(=O)N2C. The number of amides is 1. The number of methoxy groups -OCH3 is 1.